The minimum Gasteiger partial charge on any atom is -0.372 e. The third kappa shape index (κ3) is 2.91. The predicted octanol–water partition coefficient (Wildman–Crippen LogP) is 3.50. The van der Waals surface area contributed by atoms with E-state index in [9.17, 15) is 4.79 Å². The van der Waals surface area contributed by atoms with Gasteiger partial charge in [-0.2, -0.15) is 0 Å². The third-order valence-electron chi connectivity index (χ3n) is 4.66. The summed E-state index contributed by atoms with van der Waals surface area (Å²) in [4.78, 5) is 19.5. The van der Waals surface area contributed by atoms with Crippen LogP contribution < -0.4 is 0 Å². The molecule has 0 saturated carbocycles. The molecule has 3 heterocycles. The lowest BCUT2D eigenvalue weighted by molar-refractivity contribution is 0.0707. The van der Waals surface area contributed by atoms with Crippen molar-refractivity contribution < 1.29 is 9.53 Å². The summed E-state index contributed by atoms with van der Waals surface area (Å²) in [6.45, 7) is 4.93. The fourth-order valence-corrected chi connectivity index (χ4v) is 4.34. The average Bonchev–Trinajstić information content (AvgIpc) is 3.22. The van der Waals surface area contributed by atoms with Crippen LogP contribution >= 0.6 is 11.3 Å². The van der Waals surface area contributed by atoms with E-state index >= 15 is 0 Å². The number of carbonyl (C=O) groups excluding carboxylic acids is 1. The van der Waals surface area contributed by atoms with Crippen molar-refractivity contribution in [3.63, 3.8) is 0 Å². The number of hydrogen-bond acceptors (Lipinski definition) is 4. The average molecular weight is 328 g/mol. The van der Waals surface area contributed by atoms with Crippen LogP contribution in [0.2, 0.25) is 0 Å². The lowest BCUT2D eigenvalue weighted by Gasteiger charge is -2.32. The van der Waals surface area contributed by atoms with Gasteiger partial charge >= 0.3 is 0 Å². The standard InChI is InChI=1S/C18H20N2O2S/c1-12-11-23-17(19-12)14-3-2-6-20(8-14)18(21)13-4-5-15-9-22-10-16(15)7-13/h4-5,7,11,14H,2-3,6,8-10H2,1H3/t14-/m1/s1. The van der Waals surface area contributed by atoms with Gasteiger partial charge in [-0.15, -0.1) is 11.3 Å². The van der Waals surface area contributed by atoms with E-state index in [1.165, 1.54) is 10.6 Å². The minimum atomic E-state index is 0.137. The Balaban J connectivity index is 1.51. The summed E-state index contributed by atoms with van der Waals surface area (Å²) in [5.74, 6) is 0.516. The Labute approximate surface area is 140 Å². The van der Waals surface area contributed by atoms with Gasteiger partial charge in [0.25, 0.3) is 5.91 Å². The summed E-state index contributed by atoms with van der Waals surface area (Å²) in [7, 11) is 0. The summed E-state index contributed by atoms with van der Waals surface area (Å²) in [5, 5.41) is 3.26. The van der Waals surface area contributed by atoms with Gasteiger partial charge < -0.3 is 9.64 Å². The summed E-state index contributed by atoms with van der Waals surface area (Å²) in [6, 6.07) is 5.97. The number of aromatic nitrogens is 1. The van der Waals surface area contributed by atoms with Gasteiger partial charge in [0.2, 0.25) is 0 Å². The van der Waals surface area contributed by atoms with Gasteiger partial charge in [-0.05, 0) is 43.0 Å². The van der Waals surface area contributed by atoms with E-state index < -0.39 is 0 Å². The second kappa shape index (κ2) is 6.06. The number of piperidine rings is 1. The number of benzene rings is 1. The molecule has 1 fully saturated rings. The van der Waals surface area contributed by atoms with E-state index in [4.69, 9.17) is 4.74 Å². The van der Waals surface area contributed by atoms with Crippen LogP contribution in [0.15, 0.2) is 23.6 Å². The van der Waals surface area contributed by atoms with Crippen molar-refractivity contribution in [3.05, 3.63) is 51.0 Å². The topological polar surface area (TPSA) is 42.4 Å². The van der Waals surface area contributed by atoms with Gasteiger partial charge in [0, 0.05) is 35.6 Å². The Bertz CT molecular complexity index is 740. The SMILES string of the molecule is Cc1csc([C@@H]2CCCN(C(=O)c3ccc4c(c3)COC4)C2)n1. The van der Waals surface area contributed by atoms with Gasteiger partial charge in [0.05, 0.1) is 18.2 Å². The molecule has 1 saturated heterocycles. The molecule has 0 aliphatic carbocycles. The third-order valence-corrected chi connectivity index (χ3v) is 5.79. The Kier molecular flexibility index (Phi) is 3.91. The molecule has 0 spiro atoms. The first-order chi connectivity index (χ1) is 11.2. The number of amides is 1. The number of likely N-dealkylation sites (tertiary alicyclic amines) is 1. The van der Waals surface area contributed by atoms with Crippen molar-refractivity contribution in [2.75, 3.05) is 13.1 Å². The molecule has 5 heteroatoms. The van der Waals surface area contributed by atoms with Gasteiger partial charge in [-0.3, -0.25) is 4.79 Å². The van der Waals surface area contributed by atoms with E-state index in [0.717, 1.165) is 42.8 Å². The summed E-state index contributed by atoms with van der Waals surface area (Å²) < 4.78 is 5.44. The maximum atomic E-state index is 12.8. The zero-order valence-electron chi connectivity index (χ0n) is 13.2. The Morgan fingerprint density at radius 1 is 1.35 bits per heavy atom. The van der Waals surface area contributed by atoms with Crippen molar-refractivity contribution >= 4 is 17.2 Å². The van der Waals surface area contributed by atoms with E-state index in [2.05, 4.69) is 10.4 Å². The van der Waals surface area contributed by atoms with Crippen LogP contribution in [-0.2, 0) is 18.0 Å². The molecule has 1 aromatic carbocycles. The molecule has 2 aromatic rings. The quantitative estimate of drug-likeness (QED) is 0.847. The van der Waals surface area contributed by atoms with Crippen molar-refractivity contribution in [2.24, 2.45) is 0 Å². The lowest BCUT2D eigenvalue weighted by atomic mass is 9.97. The molecule has 2 aliphatic rings. The molecule has 0 unspecified atom stereocenters. The molecule has 23 heavy (non-hydrogen) atoms. The molecular formula is C18H20N2O2S. The van der Waals surface area contributed by atoms with Crippen LogP contribution in [0.1, 0.15) is 50.9 Å². The van der Waals surface area contributed by atoms with Crippen LogP contribution in [0.4, 0.5) is 0 Å². The number of ether oxygens (including phenoxy) is 1. The molecule has 0 N–H and O–H groups in total. The van der Waals surface area contributed by atoms with Crippen molar-refractivity contribution in [3.8, 4) is 0 Å². The monoisotopic (exact) mass is 328 g/mol. The number of carbonyl (C=O) groups is 1. The zero-order chi connectivity index (χ0) is 15.8. The van der Waals surface area contributed by atoms with Crippen molar-refractivity contribution in [2.45, 2.75) is 38.9 Å². The van der Waals surface area contributed by atoms with Gasteiger partial charge in [-0.1, -0.05) is 6.07 Å². The molecule has 4 nitrogen and oxygen atoms in total. The Hall–Kier alpha value is -1.72. The van der Waals surface area contributed by atoms with Crippen LogP contribution in [0.5, 0.6) is 0 Å². The number of rotatable bonds is 2. The highest BCUT2D eigenvalue weighted by Crippen LogP contribution is 2.30. The number of fused-ring (bicyclic) bond motifs is 1. The second-order valence-corrected chi connectivity index (χ2v) is 7.28. The zero-order valence-corrected chi connectivity index (χ0v) is 14.1. The Morgan fingerprint density at radius 3 is 3.04 bits per heavy atom. The van der Waals surface area contributed by atoms with Crippen LogP contribution in [0, 0.1) is 6.92 Å². The highest BCUT2D eigenvalue weighted by molar-refractivity contribution is 7.09. The number of hydrogen-bond donors (Lipinski definition) is 0. The molecule has 2 aliphatic heterocycles. The maximum Gasteiger partial charge on any atom is 0.253 e. The molecule has 1 amide bonds. The fourth-order valence-electron chi connectivity index (χ4n) is 3.41. The van der Waals surface area contributed by atoms with Crippen molar-refractivity contribution in [1.29, 1.82) is 0 Å². The van der Waals surface area contributed by atoms with Crippen molar-refractivity contribution in [1.82, 2.24) is 9.88 Å². The fraction of sp³-hybridized carbons (Fsp3) is 0.444. The van der Waals surface area contributed by atoms with Crippen LogP contribution in [0.3, 0.4) is 0 Å². The minimum absolute atomic E-state index is 0.137. The van der Waals surface area contributed by atoms with Gasteiger partial charge in [-0.25, -0.2) is 4.98 Å². The predicted molar refractivity (Wildman–Crippen MR) is 89.7 cm³/mol. The van der Waals surface area contributed by atoms with E-state index in [0.29, 0.717) is 19.1 Å². The first kappa shape index (κ1) is 14.8. The molecule has 1 aromatic heterocycles. The summed E-state index contributed by atoms with van der Waals surface area (Å²) in [6.07, 6.45) is 2.16. The van der Waals surface area contributed by atoms with Gasteiger partial charge in [0.1, 0.15) is 0 Å². The maximum absolute atomic E-state index is 12.8. The molecule has 4 rings (SSSR count). The summed E-state index contributed by atoms with van der Waals surface area (Å²) in [5.41, 5.74) is 4.22. The first-order valence-electron chi connectivity index (χ1n) is 8.11. The summed E-state index contributed by atoms with van der Waals surface area (Å²) >= 11 is 1.72. The Morgan fingerprint density at radius 2 is 2.22 bits per heavy atom. The smallest absolute Gasteiger partial charge is 0.253 e. The van der Waals surface area contributed by atoms with Gasteiger partial charge in [0.15, 0.2) is 0 Å². The number of nitrogens with zero attached hydrogens (tertiary/aromatic N) is 2. The molecule has 0 bridgehead atoms. The molecule has 1 atom stereocenters. The number of aryl methyl sites for hydroxylation is 1. The molecular weight excluding hydrogens is 308 g/mol. The van der Waals surface area contributed by atoms with Crippen LogP contribution in [-0.4, -0.2) is 28.9 Å². The van der Waals surface area contributed by atoms with E-state index in [1.807, 2.05) is 30.0 Å². The second-order valence-electron chi connectivity index (χ2n) is 6.39. The lowest BCUT2D eigenvalue weighted by Crippen LogP contribution is -2.39. The van der Waals surface area contributed by atoms with E-state index in [1.54, 1.807) is 11.3 Å². The largest absolute Gasteiger partial charge is 0.372 e. The highest BCUT2D eigenvalue weighted by atomic mass is 32.1. The van der Waals surface area contributed by atoms with E-state index in [-0.39, 0.29) is 5.91 Å². The molecule has 120 valence electrons. The van der Waals surface area contributed by atoms with Crippen LogP contribution in [0.25, 0.3) is 0 Å². The first-order valence-corrected chi connectivity index (χ1v) is 8.99. The normalized spacial score (nSPS) is 20.6. The molecule has 0 radical (unpaired) electrons. The number of thiazole rings is 1. The highest BCUT2D eigenvalue weighted by Gasteiger charge is 2.27.